The number of ether oxygens (including phenoxy) is 2. The van der Waals surface area contributed by atoms with E-state index in [1.165, 1.54) is 11.1 Å². The molecule has 212 valence electrons. The Morgan fingerprint density at radius 2 is 2.10 bits per heavy atom. The van der Waals surface area contributed by atoms with Crippen molar-refractivity contribution in [3.63, 3.8) is 0 Å². The number of hydrogen-bond donors (Lipinski definition) is 2. The predicted octanol–water partition coefficient (Wildman–Crippen LogP) is 4.19. The largest absolute Gasteiger partial charge is 0.493 e. The highest BCUT2D eigenvalue weighted by atomic mass is 16.5. The van der Waals surface area contributed by atoms with Gasteiger partial charge in [-0.05, 0) is 61.1 Å². The number of nitrogens with zero attached hydrogens (tertiary/aromatic N) is 3. The number of aliphatic hydroxyl groups is 1. The molecule has 0 aliphatic carbocycles. The third kappa shape index (κ3) is 6.14. The average molecular weight is 546 g/mol. The van der Waals surface area contributed by atoms with E-state index in [1.54, 1.807) is 6.08 Å². The molecule has 4 heterocycles. The van der Waals surface area contributed by atoms with Gasteiger partial charge in [-0.2, -0.15) is 0 Å². The lowest BCUT2D eigenvalue weighted by molar-refractivity contribution is -0.142. The zero-order valence-corrected chi connectivity index (χ0v) is 23.2. The molecule has 2 saturated heterocycles. The van der Waals surface area contributed by atoms with Gasteiger partial charge in [-0.1, -0.05) is 43.0 Å². The summed E-state index contributed by atoms with van der Waals surface area (Å²) in [6.07, 6.45) is 8.12. The number of aliphatic hydroxyl groups excluding tert-OH is 1. The van der Waals surface area contributed by atoms with Gasteiger partial charge in [0.15, 0.2) is 0 Å². The molecule has 2 N–H and O–H groups in total. The van der Waals surface area contributed by atoms with Crippen molar-refractivity contribution in [2.75, 3.05) is 37.8 Å². The first kappa shape index (κ1) is 28.1. The van der Waals surface area contributed by atoms with E-state index in [1.807, 2.05) is 42.2 Å². The SMILES string of the molecule is C=C/C=C\C(=C(/C)OCc1ccc2c(c1)CCN(C1CCOC1)C2)c1cccc(N2CCC(C(=O)O)C2CO)n1. The molecule has 8 nitrogen and oxygen atoms in total. The second kappa shape index (κ2) is 12.8. The van der Waals surface area contributed by atoms with Crippen LogP contribution in [0.3, 0.4) is 0 Å². The van der Waals surface area contributed by atoms with Crippen LogP contribution in [-0.4, -0.2) is 71.1 Å². The molecule has 1 aromatic carbocycles. The molecule has 1 aromatic heterocycles. The zero-order chi connectivity index (χ0) is 28.1. The third-order valence-electron chi connectivity index (χ3n) is 8.32. The van der Waals surface area contributed by atoms with Gasteiger partial charge in [0.25, 0.3) is 0 Å². The van der Waals surface area contributed by atoms with E-state index in [0.717, 1.165) is 56.0 Å². The Morgan fingerprint density at radius 1 is 1.23 bits per heavy atom. The molecule has 3 aliphatic rings. The maximum absolute atomic E-state index is 11.7. The summed E-state index contributed by atoms with van der Waals surface area (Å²) >= 11 is 0. The lowest BCUT2D eigenvalue weighted by Crippen LogP contribution is -2.39. The first-order valence-electron chi connectivity index (χ1n) is 14.1. The van der Waals surface area contributed by atoms with Crippen molar-refractivity contribution in [1.29, 1.82) is 0 Å². The van der Waals surface area contributed by atoms with Gasteiger partial charge in [-0.3, -0.25) is 9.69 Å². The maximum Gasteiger partial charge on any atom is 0.308 e. The quantitative estimate of drug-likeness (QED) is 0.339. The van der Waals surface area contributed by atoms with E-state index in [4.69, 9.17) is 14.5 Å². The van der Waals surface area contributed by atoms with Crippen LogP contribution in [0, 0.1) is 5.92 Å². The number of rotatable bonds is 10. The number of carboxylic acids is 1. The molecule has 2 fully saturated rings. The Kier molecular flexibility index (Phi) is 8.99. The van der Waals surface area contributed by atoms with Gasteiger partial charge in [-0.25, -0.2) is 4.98 Å². The van der Waals surface area contributed by atoms with Crippen molar-refractivity contribution >= 4 is 17.4 Å². The Balaban J connectivity index is 1.32. The van der Waals surface area contributed by atoms with E-state index < -0.39 is 17.9 Å². The third-order valence-corrected chi connectivity index (χ3v) is 8.32. The summed E-state index contributed by atoms with van der Waals surface area (Å²) in [5, 5.41) is 19.5. The summed E-state index contributed by atoms with van der Waals surface area (Å²) in [6, 6.07) is 12.4. The number of aromatic nitrogens is 1. The maximum atomic E-state index is 11.7. The Hall–Kier alpha value is -3.46. The molecular formula is C32H39N3O5. The number of aliphatic carboxylic acids is 1. The Morgan fingerprint density at radius 3 is 2.85 bits per heavy atom. The van der Waals surface area contributed by atoms with E-state index in [0.29, 0.717) is 37.1 Å². The molecule has 0 radical (unpaired) electrons. The molecule has 2 aromatic rings. The molecular weight excluding hydrogens is 506 g/mol. The summed E-state index contributed by atoms with van der Waals surface area (Å²) in [7, 11) is 0. The van der Waals surface area contributed by atoms with Gasteiger partial charge in [0.2, 0.25) is 0 Å². The Labute approximate surface area is 236 Å². The number of hydrogen-bond acceptors (Lipinski definition) is 7. The van der Waals surface area contributed by atoms with Crippen LogP contribution in [0.25, 0.3) is 5.57 Å². The van der Waals surface area contributed by atoms with Gasteiger partial charge < -0.3 is 24.6 Å². The smallest absolute Gasteiger partial charge is 0.308 e. The van der Waals surface area contributed by atoms with Crippen LogP contribution in [0.1, 0.15) is 42.1 Å². The van der Waals surface area contributed by atoms with Crippen molar-refractivity contribution in [1.82, 2.24) is 9.88 Å². The van der Waals surface area contributed by atoms with Gasteiger partial charge in [0.05, 0.1) is 30.9 Å². The van der Waals surface area contributed by atoms with Crippen LogP contribution in [0.4, 0.5) is 5.82 Å². The van der Waals surface area contributed by atoms with Gasteiger partial charge in [0.1, 0.15) is 18.2 Å². The van der Waals surface area contributed by atoms with Crippen LogP contribution < -0.4 is 4.90 Å². The summed E-state index contributed by atoms with van der Waals surface area (Å²) in [4.78, 5) is 21.0. The van der Waals surface area contributed by atoms with Crippen LogP contribution in [0.5, 0.6) is 0 Å². The number of carboxylic acid groups (broad SMARTS) is 1. The van der Waals surface area contributed by atoms with Crippen LogP contribution in [0.15, 0.2) is 67.0 Å². The van der Waals surface area contributed by atoms with E-state index in [-0.39, 0.29) is 6.61 Å². The first-order chi connectivity index (χ1) is 19.5. The summed E-state index contributed by atoms with van der Waals surface area (Å²) < 4.78 is 11.9. The number of carbonyl (C=O) groups is 1. The van der Waals surface area contributed by atoms with Gasteiger partial charge in [0, 0.05) is 37.9 Å². The summed E-state index contributed by atoms with van der Waals surface area (Å²) in [5.74, 6) is -0.131. The van der Waals surface area contributed by atoms with Crippen molar-refractivity contribution in [3.05, 3.63) is 89.3 Å². The minimum Gasteiger partial charge on any atom is -0.493 e. The normalized spacial score (nSPS) is 23.8. The van der Waals surface area contributed by atoms with Crippen LogP contribution >= 0.6 is 0 Å². The number of benzene rings is 1. The first-order valence-corrected chi connectivity index (χ1v) is 14.1. The number of fused-ring (bicyclic) bond motifs is 1. The van der Waals surface area contributed by atoms with Crippen molar-refractivity contribution in [2.45, 2.75) is 51.4 Å². The molecule has 5 rings (SSSR count). The fourth-order valence-corrected chi connectivity index (χ4v) is 6.04. The highest BCUT2D eigenvalue weighted by molar-refractivity contribution is 5.75. The molecule has 0 amide bonds. The standard InChI is InChI=1S/C32H39N3O5/c1-3-4-6-27(29-7-5-8-31(33-29)35-15-12-28(32(37)38)30(35)19-36)22(2)40-20-23-9-10-25-18-34(14-11-24(25)17-23)26-13-16-39-21-26/h3-10,17,26,28,30,36H,1,11-16,18-21H2,2H3,(H,37,38)/b6-4-,27-22-. The average Bonchev–Trinajstić information content (AvgIpc) is 3.67. The monoisotopic (exact) mass is 545 g/mol. The van der Waals surface area contributed by atoms with Gasteiger partial charge in [-0.15, -0.1) is 0 Å². The topological polar surface area (TPSA) is 95.4 Å². The fourth-order valence-electron chi connectivity index (χ4n) is 6.04. The fraction of sp³-hybridized carbons (Fsp3) is 0.438. The van der Waals surface area contributed by atoms with Crippen LogP contribution in [-0.2, 0) is 33.8 Å². The lowest BCUT2D eigenvalue weighted by Gasteiger charge is -2.33. The van der Waals surface area contributed by atoms with Crippen LogP contribution in [0.2, 0.25) is 0 Å². The molecule has 40 heavy (non-hydrogen) atoms. The second-order valence-corrected chi connectivity index (χ2v) is 10.8. The predicted molar refractivity (Wildman–Crippen MR) is 155 cm³/mol. The van der Waals surface area contributed by atoms with Crippen molar-refractivity contribution in [3.8, 4) is 0 Å². The van der Waals surface area contributed by atoms with E-state index in [2.05, 4.69) is 29.7 Å². The minimum absolute atomic E-state index is 0.238. The van der Waals surface area contributed by atoms with Gasteiger partial charge >= 0.3 is 5.97 Å². The molecule has 0 spiro atoms. The Bertz CT molecular complexity index is 1280. The second-order valence-electron chi connectivity index (χ2n) is 10.8. The molecule has 3 unspecified atom stereocenters. The molecule has 3 atom stereocenters. The lowest BCUT2D eigenvalue weighted by atomic mass is 9.96. The molecule has 3 aliphatic heterocycles. The van der Waals surface area contributed by atoms with Crippen molar-refractivity contribution < 1.29 is 24.5 Å². The summed E-state index contributed by atoms with van der Waals surface area (Å²) in [6.45, 7) is 10.2. The summed E-state index contributed by atoms with van der Waals surface area (Å²) in [5.41, 5.74) is 5.45. The highest BCUT2D eigenvalue weighted by Gasteiger charge is 2.39. The minimum atomic E-state index is -0.889. The number of pyridine rings is 1. The molecule has 0 bridgehead atoms. The van der Waals surface area contributed by atoms with Crippen molar-refractivity contribution in [2.24, 2.45) is 5.92 Å². The van der Waals surface area contributed by atoms with E-state index >= 15 is 0 Å². The molecule has 8 heteroatoms. The van der Waals surface area contributed by atoms with E-state index in [9.17, 15) is 15.0 Å². The number of allylic oxidation sites excluding steroid dienone is 5. The molecule has 0 saturated carbocycles. The zero-order valence-electron chi connectivity index (χ0n) is 23.2. The highest BCUT2D eigenvalue weighted by Crippen LogP contribution is 2.31. The number of anilines is 1.